The Balaban J connectivity index is 2.02. The van der Waals surface area contributed by atoms with Gasteiger partial charge >= 0.3 is 6.09 Å². The van der Waals surface area contributed by atoms with Crippen LogP contribution in [0.4, 0.5) is 4.79 Å². The molecule has 0 saturated carbocycles. The van der Waals surface area contributed by atoms with Crippen molar-refractivity contribution in [2.75, 3.05) is 33.3 Å². The fourth-order valence-electron chi connectivity index (χ4n) is 1.97. The molecule has 1 N–H and O–H groups in total. The van der Waals surface area contributed by atoms with E-state index in [0.29, 0.717) is 26.2 Å². The monoisotopic (exact) mass is 265 g/mol. The van der Waals surface area contributed by atoms with Crippen LogP contribution < -0.4 is 5.43 Å². The number of nitrogens with zero attached hydrogens (tertiary/aromatic N) is 2. The van der Waals surface area contributed by atoms with Gasteiger partial charge in [0.2, 0.25) is 0 Å². The molecule has 1 aromatic rings. The molecule has 1 aliphatic rings. The third-order valence-electron chi connectivity index (χ3n) is 3.05. The van der Waals surface area contributed by atoms with Crippen LogP contribution in [0.5, 0.6) is 0 Å². The Morgan fingerprint density at radius 3 is 2.42 bits per heavy atom. The van der Waals surface area contributed by atoms with Crippen LogP contribution in [0.3, 0.4) is 0 Å². The molecule has 102 valence electrons. The molecule has 2 amide bonds. The van der Waals surface area contributed by atoms with E-state index >= 15 is 0 Å². The first kappa shape index (κ1) is 13.1. The van der Waals surface area contributed by atoms with Gasteiger partial charge < -0.3 is 19.5 Å². The summed E-state index contributed by atoms with van der Waals surface area (Å²) in [5, 5.41) is 0. The van der Waals surface area contributed by atoms with Crippen LogP contribution in [0.2, 0.25) is 0 Å². The average molecular weight is 265 g/mol. The van der Waals surface area contributed by atoms with Crippen LogP contribution >= 0.6 is 0 Å². The Labute approximate surface area is 109 Å². The third kappa shape index (κ3) is 2.75. The van der Waals surface area contributed by atoms with Crippen molar-refractivity contribution < 1.29 is 14.3 Å². The largest absolute Gasteiger partial charge is 0.453 e. The Kier molecular flexibility index (Phi) is 3.84. The molecule has 0 spiro atoms. The van der Waals surface area contributed by atoms with Crippen LogP contribution in [-0.4, -0.2) is 60.1 Å². The fourth-order valence-corrected chi connectivity index (χ4v) is 1.97. The van der Waals surface area contributed by atoms with Crippen molar-refractivity contribution in [3.63, 3.8) is 0 Å². The molecule has 19 heavy (non-hydrogen) atoms. The summed E-state index contributed by atoms with van der Waals surface area (Å²) in [6.45, 7) is 1.59. The van der Waals surface area contributed by atoms with Crippen LogP contribution in [0.25, 0.3) is 0 Å². The second-order valence-corrected chi connectivity index (χ2v) is 4.17. The normalized spacial score (nSPS) is 15.2. The first-order valence-electron chi connectivity index (χ1n) is 5.92. The maximum Gasteiger partial charge on any atom is 0.409 e. The minimum atomic E-state index is -0.398. The molecule has 1 saturated heterocycles. The summed E-state index contributed by atoms with van der Waals surface area (Å²) in [6.07, 6.45) is 2.48. The number of carbonyl (C=O) groups excluding carboxylic acids is 2. The summed E-state index contributed by atoms with van der Waals surface area (Å²) in [5.74, 6) is -0.314. The number of methoxy groups -OCH3 is 1. The van der Waals surface area contributed by atoms with E-state index < -0.39 is 6.09 Å². The second-order valence-electron chi connectivity index (χ2n) is 4.17. The molecule has 1 aromatic heterocycles. The summed E-state index contributed by atoms with van der Waals surface area (Å²) in [6, 6.07) is 1.32. The van der Waals surface area contributed by atoms with Crippen LogP contribution in [0.15, 0.2) is 23.3 Å². The maximum atomic E-state index is 12.1. The predicted octanol–water partition coefficient (Wildman–Crippen LogP) is -0.101. The van der Waals surface area contributed by atoms with Gasteiger partial charge in [0.25, 0.3) is 5.91 Å². The van der Waals surface area contributed by atoms with Gasteiger partial charge in [-0.2, -0.15) is 0 Å². The smallest absolute Gasteiger partial charge is 0.409 e. The Morgan fingerprint density at radius 2 is 1.84 bits per heavy atom. The summed E-state index contributed by atoms with van der Waals surface area (Å²) in [7, 11) is 1.32. The number of carbonyl (C=O) groups is 2. The molecular weight excluding hydrogens is 250 g/mol. The molecular formula is C12H15N3O4. The second kappa shape index (κ2) is 5.55. The predicted molar refractivity (Wildman–Crippen MR) is 66.9 cm³/mol. The van der Waals surface area contributed by atoms with E-state index in [9.17, 15) is 14.4 Å². The number of hydrogen-bond donors (Lipinski definition) is 1. The molecule has 0 bridgehead atoms. The number of nitrogens with one attached hydrogen (secondary N) is 1. The lowest BCUT2D eigenvalue weighted by molar-refractivity contribution is 0.0598. The van der Waals surface area contributed by atoms with Crippen molar-refractivity contribution in [3.05, 3.63) is 34.2 Å². The van der Waals surface area contributed by atoms with E-state index in [1.54, 1.807) is 4.90 Å². The highest BCUT2D eigenvalue weighted by atomic mass is 16.5. The van der Waals surface area contributed by atoms with Crippen molar-refractivity contribution in [1.29, 1.82) is 0 Å². The zero-order chi connectivity index (χ0) is 13.8. The zero-order valence-corrected chi connectivity index (χ0v) is 10.6. The number of aromatic nitrogens is 1. The lowest BCUT2D eigenvalue weighted by atomic mass is 10.2. The van der Waals surface area contributed by atoms with Gasteiger partial charge in [0.1, 0.15) is 5.56 Å². The summed E-state index contributed by atoms with van der Waals surface area (Å²) in [5.41, 5.74) is -0.187. The van der Waals surface area contributed by atoms with Gasteiger partial charge in [-0.3, -0.25) is 9.59 Å². The molecule has 1 fully saturated rings. The molecule has 0 aromatic carbocycles. The highest BCUT2D eigenvalue weighted by molar-refractivity contribution is 5.93. The molecule has 1 aliphatic heterocycles. The zero-order valence-electron chi connectivity index (χ0n) is 10.6. The molecule has 0 atom stereocenters. The van der Waals surface area contributed by atoms with Gasteiger partial charge in [-0.1, -0.05) is 0 Å². The standard InChI is InChI=1S/C12H15N3O4/c1-19-12(18)15-6-4-14(5-7-15)11(17)9-8-13-3-2-10(9)16/h2-3,8H,4-7H2,1H3,(H,13,16). The first-order valence-corrected chi connectivity index (χ1v) is 5.92. The molecule has 7 nitrogen and oxygen atoms in total. The molecule has 0 radical (unpaired) electrons. The van der Waals surface area contributed by atoms with E-state index in [2.05, 4.69) is 9.72 Å². The number of H-pyrrole nitrogens is 1. The number of pyridine rings is 1. The van der Waals surface area contributed by atoms with E-state index in [1.807, 2.05) is 0 Å². The maximum absolute atomic E-state index is 12.1. The lowest BCUT2D eigenvalue weighted by Gasteiger charge is -2.33. The van der Waals surface area contributed by atoms with Crippen molar-refractivity contribution >= 4 is 12.0 Å². The van der Waals surface area contributed by atoms with Gasteiger partial charge in [-0.25, -0.2) is 4.79 Å². The van der Waals surface area contributed by atoms with Crippen LogP contribution in [0, 0.1) is 0 Å². The van der Waals surface area contributed by atoms with Crippen molar-refractivity contribution in [3.8, 4) is 0 Å². The van der Waals surface area contributed by atoms with Gasteiger partial charge in [0.15, 0.2) is 5.43 Å². The molecule has 2 heterocycles. The summed E-state index contributed by atoms with van der Waals surface area (Å²) < 4.78 is 4.62. The molecule has 2 rings (SSSR count). The molecule has 7 heteroatoms. The average Bonchev–Trinajstić information content (AvgIpc) is 2.46. The molecule has 0 aliphatic carbocycles. The Bertz CT molecular complexity index is 532. The number of ether oxygens (including phenoxy) is 1. The van der Waals surface area contributed by atoms with E-state index in [1.165, 1.54) is 30.5 Å². The Hall–Kier alpha value is -2.31. The van der Waals surface area contributed by atoms with Gasteiger partial charge in [-0.05, 0) is 0 Å². The van der Waals surface area contributed by atoms with Crippen molar-refractivity contribution in [2.45, 2.75) is 0 Å². The minimum Gasteiger partial charge on any atom is -0.453 e. The number of aromatic amines is 1. The van der Waals surface area contributed by atoms with Gasteiger partial charge in [-0.15, -0.1) is 0 Å². The van der Waals surface area contributed by atoms with Gasteiger partial charge in [0, 0.05) is 44.6 Å². The number of amides is 2. The SMILES string of the molecule is COC(=O)N1CCN(C(=O)c2c[nH]ccc2=O)CC1. The fraction of sp³-hybridized carbons (Fsp3) is 0.417. The molecule has 0 unspecified atom stereocenters. The highest BCUT2D eigenvalue weighted by Crippen LogP contribution is 2.06. The third-order valence-corrected chi connectivity index (χ3v) is 3.05. The number of hydrogen-bond acceptors (Lipinski definition) is 4. The van der Waals surface area contributed by atoms with E-state index in [0.717, 1.165) is 0 Å². The number of piperazine rings is 1. The first-order chi connectivity index (χ1) is 9.13. The summed E-state index contributed by atoms with van der Waals surface area (Å²) >= 11 is 0. The topological polar surface area (TPSA) is 82.7 Å². The summed E-state index contributed by atoms with van der Waals surface area (Å²) in [4.78, 5) is 40.8. The minimum absolute atomic E-state index is 0.119. The van der Waals surface area contributed by atoms with E-state index in [-0.39, 0.29) is 16.9 Å². The van der Waals surface area contributed by atoms with Crippen LogP contribution in [0.1, 0.15) is 10.4 Å². The quantitative estimate of drug-likeness (QED) is 0.768. The Morgan fingerprint density at radius 1 is 1.21 bits per heavy atom. The van der Waals surface area contributed by atoms with Gasteiger partial charge in [0.05, 0.1) is 7.11 Å². The van der Waals surface area contributed by atoms with E-state index in [4.69, 9.17) is 0 Å². The highest BCUT2D eigenvalue weighted by Gasteiger charge is 2.26. The number of rotatable bonds is 1. The lowest BCUT2D eigenvalue weighted by Crippen LogP contribution is -2.51. The van der Waals surface area contributed by atoms with Crippen LogP contribution in [-0.2, 0) is 4.74 Å². The van der Waals surface area contributed by atoms with Crippen molar-refractivity contribution in [1.82, 2.24) is 14.8 Å². The van der Waals surface area contributed by atoms with Crippen molar-refractivity contribution in [2.24, 2.45) is 0 Å².